The van der Waals surface area contributed by atoms with Gasteiger partial charge in [0.05, 0.1) is 11.8 Å². The van der Waals surface area contributed by atoms with Crippen LogP contribution in [0.3, 0.4) is 0 Å². The average Bonchev–Trinajstić information content (AvgIpc) is 3.19. The van der Waals surface area contributed by atoms with Crippen LogP contribution in [0.25, 0.3) is 0 Å². The van der Waals surface area contributed by atoms with Crippen molar-refractivity contribution < 1.29 is 14.7 Å². The fourth-order valence-corrected chi connectivity index (χ4v) is 2.94. The number of carboxylic acids is 1. The van der Waals surface area contributed by atoms with E-state index in [2.05, 4.69) is 0 Å². The van der Waals surface area contributed by atoms with Crippen LogP contribution in [-0.4, -0.2) is 35.0 Å². The van der Waals surface area contributed by atoms with Crippen LogP contribution in [-0.2, 0) is 9.59 Å². The van der Waals surface area contributed by atoms with E-state index in [4.69, 9.17) is 0 Å². The van der Waals surface area contributed by atoms with E-state index in [-0.39, 0.29) is 11.8 Å². The van der Waals surface area contributed by atoms with Crippen LogP contribution in [0.2, 0.25) is 0 Å². The monoisotopic (exact) mass is 253 g/mol. The highest BCUT2D eigenvalue weighted by atomic mass is 16.4. The van der Waals surface area contributed by atoms with Crippen LogP contribution < -0.4 is 0 Å². The van der Waals surface area contributed by atoms with Crippen LogP contribution in [0, 0.1) is 17.8 Å². The number of carbonyl (C=O) groups excluding carboxylic acids is 1. The highest BCUT2D eigenvalue weighted by Gasteiger charge is 2.38. The van der Waals surface area contributed by atoms with Gasteiger partial charge in [-0.25, -0.2) is 0 Å². The third kappa shape index (κ3) is 3.03. The number of carbonyl (C=O) groups is 2. The van der Waals surface area contributed by atoms with Crippen LogP contribution in [0.15, 0.2) is 0 Å². The minimum absolute atomic E-state index is 0.0801. The Kier molecular flexibility index (Phi) is 4.25. The maximum absolute atomic E-state index is 12.5. The Morgan fingerprint density at radius 1 is 1.11 bits per heavy atom. The summed E-state index contributed by atoms with van der Waals surface area (Å²) in [6.45, 7) is 3.52. The molecule has 0 aromatic rings. The van der Waals surface area contributed by atoms with Gasteiger partial charge in [-0.2, -0.15) is 0 Å². The Morgan fingerprint density at radius 3 is 2.22 bits per heavy atom. The van der Waals surface area contributed by atoms with Gasteiger partial charge in [-0.05, 0) is 38.5 Å². The average molecular weight is 253 g/mol. The van der Waals surface area contributed by atoms with Crippen LogP contribution in [0.4, 0.5) is 0 Å². The summed E-state index contributed by atoms with van der Waals surface area (Å²) in [6.07, 6.45) is 5.77. The van der Waals surface area contributed by atoms with E-state index in [1.807, 2.05) is 11.8 Å². The van der Waals surface area contributed by atoms with Gasteiger partial charge < -0.3 is 10.0 Å². The van der Waals surface area contributed by atoms with E-state index in [0.717, 1.165) is 25.8 Å². The SMILES string of the molecule is CCN(CC1CC1)C(=O)C1CCCCC1C(=O)O. The minimum atomic E-state index is -0.796. The van der Waals surface area contributed by atoms with Crippen molar-refractivity contribution in [3.05, 3.63) is 0 Å². The first kappa shape index (κ1) is 13.4. The number of hydrogen-bond acceptors (Lipinski definition) is 2. The van der Waals surface area contributed by atoms with Crippen molar-refractivity contribution in [3.8, 4) is 0 Å². The molecule has 0 heterocycles. The largest absolute Gasteiger partial charge is 0.481 e. The summed E-state index contributed by atoms with van der Waals surface area (Å²) in [4.78, 5) is 25.6. The molecule has 2 rings (SSSR count). The summed E-state index contributed by atoms with van der Waals surface area (Å²) in [7, 11) is 0. The normalized spacial score (nSPS) is 27.8. The summed E-state index contributed by atoms with van der Waals surface area (Å²) >= 11 is 0. The van der Waals surface area contributed by atoms with Gasteiger partial charge in [-0.3, -0.25) is 9.59 Å². The molecular weight excluding hydrogens is 230 g/mol. The molecule has 2 aliphatic rings. The van der Waals surface area contributed by atoms with Crippen molar-refractivity contribution >= 4 is 11.9 Å². The molecule has 0 bridgehead atoms. The number of carboxylic acid groups (broad SMARTS) is 1. The van der Waals surface area contributed by atoms with Crippen molar-refractivity contribution in [2.45, 2.75) is 45.4 Å². The molecule has 2 unspecified atom stereocenters. The Hall–Kier alpha value is -1.06. The smallest absolute Gasteiger partial charge is 0.307 e. The zero-order valence-corrected chi connectivity index (χ0v) is 11.1. The second-order valence-electron chi connectivity index (χ2n) is 5.66. The van der Waals surface area contributed by atoms with Gasteiger partial charge >= 0.3 is 5.97 Å². The molecule has 1 amide bonds. The van der Waals surface area contributed by atoms with Crippen LogP contribution in [0.1, 0.15) is 45.4 Å². The zero-order valence-electron chi connectivity index (χ0n) is 11.1. The van der Waals surface area contributed by atoms with Crippen molar-refractivity contribution in [3.63, 3.8) is 0 Å². The van der Waals surface area contributed by atoms with E-state index in [1.165, 1.54) is 12.8 Å². The lowest BCUT2D eigenvalue weighted by Gasteiger charge is -2.32. The molecular formula is C14H23NO3. The van der Waals surface area contributed by atoms with E-state index in [9.17, 15) is 14.7 Å². The summed E-state index contributed by atoms with van der Waals surface area (Å²) in [6, 6.07) is 0. The first-order valence-electron chi connectivity index (χ1n) is 7.15. The fourth-order valence-electron chi connectivity index (χ4n) is 2.94. The van der Waals surface area contributed by atoms with Gasteiger partial charge in [0.2, 0.25) is 5.91 Å². The molecule has 4 nitrogen and oxygen atoms in total. The van der Waals surface area contributed by atoms with Crippen molar-refractivity contribution in [2.75, 3.05) is 13.1 Å². The molecule has 1 N–H and O–H groups in total. The third-order valence-corrected chi connectivity index (χ3v) is 4.27. The third-order valence-electron chi connectivity index (χ3n) is 4.27. The predicted molar refractivity (Wildman–Crippen MR) is 68.1 cm³/mol. The summed E-state index contributed by atoms with van der Waals surface area (Å²) in [5.41, 5.74) is 0. The Balaban J connectivity index is 2.01. The first-order chi connectivity index (χ1) is 8.63. The van der Waals surface area contributed by atoms with Crippen molar-refractivity contribution in [1.82, 2.24) is 4.90 Å². The molecule has 0 spiro atoms. The lowest BCUT2D eigenvalue weighted by atomic mass is 9.78. The molecule has 0 aromatic carbocycles. The molecule has 0 aromatic heterocycles. The number of amides is 1. The molecule has 18 heavy (non-hydrogen) atoms. The molecule has 2 saturated carbocycles. The standard InChI is InChI=1S/C14H23NO3/c1-2-15(9-10-7-8-10)13(16)11-5-3-4-6-12(11)14(17)18/h10-12H,2-9H2,1H3,(H,17,18). The van der Waals surface area contributed by atoms with Gasteiger partial charge in [0.1, 0.15) is 0 Å². The van der Waals surface area contributed by atoms with E-state index >= 15 is 0 Å². The Morgan fingerprint density at radius 2 is 1.72 bits per heavy atom. The fraction of sp³-hybridized carbons (Fsp3) is 0.857. The number of nitrogens with zero attached hydrogens (tertiary/aromatic N) is 1. The minimum Gasteiger partial charge on any atom is -0.481 e. The maximum Gasteiger partial charge on any atom is 0.307 e. The summed E-state index contributed by atoms with van der Waals surface area (Å²) in [5.74, 6) is -0.790. The van der Waals surface area contributed by atoms with E-state index in [0.29, 0.717) is 18.9 Å². The molecule has 0 saturated heterocycles. The highest BCUT2D eigenvalue weighted by Crippen LogP contribution is 2.34. The van der Waals surface area contributed by atoms with E-state index < -0.39 is 11.9 Å². The first-order valence-corrected chi connectivity index (χ1v) is 7.15. The molecule has 0 aliphatic heterocycles. The summed E-state index contributed by atoms with van der Waals surface area (Å²) in [5, 5.41) is 9.24. The number of aliphatic carboxylic acids is 1. The lowest BCUT2D eigenvalue weighted by Crippen LogP contribution is -2.43. The van der Waals surface area contributed by atoms with Gasteiger partial charge in [-0.1, -0.05) is 12.8 Å². The second kappa shape index (κ2) is 5.72. The zero-order chi connectivity index (χ0) is 13.1. The van der Waals surface area contributed by atoms with Gasteiger partial charge in [0.15, 0.2) is 0 Å². The molecule has 2 atom stereocenters. The van der Waals surface area contributed by atoms with Gasteiger partial charge in [-0.15, -0.1) is 0 Å². The number of rotatable bonds is 5. The Labute approximate surface area is 108 Å². The quantitative estimate of drug-likeness (QED) is 0.816. The van der Waals surface area contributed by atoms with Crippen molar-refractivity contribution in [1.29, 1.82) is 0 Å². The van der Waals surface area contributed by atoms with Gasteiger partial charge in [0.25, 0.3) is 0 Å². The second-order valence-corrected chi connectivity index (χ2v) is 5.66. The Bertz CT molecular complexity index is 325. The van der Waals surface area contributed by atoms with Crippen LogP contribution >= 0.6 is 0 Å². The number of hydrogen-bond donors (Lipinski definition) is 1. The van der Waals surface area contributed by atoms with Crippen LogP contribution in [0.5, 0.6) is 0 Å². The molecule has 0 radical (unpaired) electrons. The molecule has 4 heteroatoms. The van der Waals surface area contributed by atoms with Gasteiger partial charge in [0, 0.05) is 13.1 Å². The van der Waals surface area contributed by atoms with E-state index in [1.54, 1.807) is 0 Å². The predicted octanol–water partition coefficient (Wildman–Crippen LogP) is 2.14. The molecule has 102 valence electrons. The maximum atomic E-state index is 12.5. The highest BCUT2D eigenvalue weighted by molar-refractivity contribution is 5.85. The summed E-state index contributed by atoms with van der Waals surface area (Å²) < 4.78 is 0. The van der Waals surface area contributed by atoms with Crippen molar-refractivity contribution in [2.24, 2.45) is 17.8 Å². The molecule has 2 aliphatic carbocycles. The molecule has 2 fully saturated rings. The lowest BCUT2D eigenvalue weighted by molar-refractivity contribution is -0.152. The topological polar surface area (TPSA) is 57.6 Å².